The quantitative estimate of drug-likeness (QED) is 0.0729. The summed E-state index contributed by atoms with van der Waals surface area (Å²) < 4.78 is 55.9. The van der Waals surface area contributed by atoms with E-state index in [2.05, 4.69) is 37.4 Å². The van der Waals surface area contributed by atoms with Gasteiger partial charge < -0.3 is 30.8 Å². The maximum atomic E-state index is 14.0. The van der Waals surface area contributed by atoms with Crippen LogP contribution < -0.4 is 10.6 Å². The Morgan fingerprint density at radius 3 is 1.56 bits per heavy atom. The van der Waals surface area contributed by atoms with Crippen LogP contribution in [0.15, 0.2) is 48.7 Å². The lowest BCUT2D eigenvalue weighted by Crippen LogP contribution is -2.53. The third-order valence-corrected chi connectivity index (χ3v) is 14.2. The van der Waals surface area contributed by atoms with Crippen LogP contribution in [0.1, 0.15) is 153 Å². The van der Waals surface area contributed by atoms with Gasteiger partial charge in [0, 0.05) is 36.8 Å². The molecule has 6 N–H and O–H groups in total. The minimum atomic E-state index is -2.82. The highest BCUT2D eigenvalue weighted by Gasteiger charge is 2.67. The number of halogens is 4. The number of benzene rings is 2. The van der Waals surface area contributed by atoms with Crippen LogP contribution in [0.2, 0.25) is 0 Å². The number of imidazole rings is 2. The summed E-state index contributed by atoms with van der Waals surface area (Å²) in [4.78, 5) is 43.9. The summed E-state index contributed by atoms with van der Waals surface area (Å²) >= 11 is 0. The summed E-state index contributed by atoms with van der Waals surface area (Å²) in [7, 11) is 0. The van der Waals surface area contributed by atoms with Crippen molar-refractivity contribution in [2.45, 2.75) is 154 Å². The predicted octanol–water partition coefficient (Wildman–Crippen LogP) is 9.20. The van der Waals surface area contributed by atoms with Gasteiger partial charge in [-0.15, -0.1) is 0 Å². The van der Waals surface area contributed by atoms with Crippen molar-refractivity contribution in [2.75, 3.05) is 0 Å². The number of aliphatic hydroxyl groups is 2. The number of hydrogen-bond donors (Lipinski definition) is 6. The second-order valence-corrected chi connectivity index (χ2v) is 20.8. The van der Waals surface area contributed by atoms with Crippen LogP contribution in [0.3, 0.4) is 0 Å². The van der Waals surface area contributed by atoms with Gasteiger partial charge in [0.25, 0.3) is 0 Å². The first-order valence-corrected chi connectivity index (χ1v) is 21.9. The summed E-state index contributed by atoms with van der Waals surface area (Å²) in [5.41, 5.74) is -1.44. The van der Waals surface area contributed by atoms with Gasteiger partial charge in [-0.1, -0.05) is 65.5 Å². The lowest BCUT2D eigenvalue weighted by molar-refractivity contribution is -0.157. The van der Waals surface area contributed by atoms with Crippen molar-refractivity contribution >= 4 is 22.8 Å². The molecule has 0 spiro atoms. The average Bonchev–Trinajstić information content (AvgIpc) is 4.11. The van der Waals surface area contributed by atoms with E-state index < -0.39 is 82.5 Å². The Morgan fingerprint density at radius 1 is 0.645 bits per heavy atom. The van der Waals surface area contributed by atoms with Gasteiger partial charge in [0.05, 0.1) is 57.0 Å². The highest BCUT2D eigenvalue weighted by molar-refractivity contribution is 5.88. The van der Waals surface area contributed by atoms with Crippen LogP contribution in [0, 0.1) is 33.5 Å². The number of carbonyl (C=O) groups is 2. The average molecular weight is 859 g/mol. The number of nitrogens with one attached hydrogen (secondary N) is 4. The van der Waals surface area contributed by atoms with Gasteiger partial charge in [0.2, 0.25) is 23.7 Å². The fourth-order valence-electron chi connectivity index (χ4n) is 9.75. The van der Waals surface area contributed by atoms with Gasteiger partial charge >= 0.3 is 0 Å². The molecule has 2 amide bonds. The van der Waals surface area contributed by atoms with Gasteiger partial charge in [0.1, 0.15) is 11.6 Å². The summed E-state index contributed by atoms with van der Waals surface area (Å²) in [6, 6.07) is 12.2. The number of aromatic nitrogens is 4. The minimum absolute atomic E-state index is 0.105. The summed E-state index contributed by atoms with van der Waals surface area (Å²) in [5.74, 6) is 1.26. The van der Waals surface area contributed by atoms with Gasteiger partial charge in [-0.2, -0.15) is 0 Å². The highest BCUT2D eigenvalue weighted by Crippen LogP contribution is 2.62. The molecule has 4 aromatic rings. The highest BCUT2D eigenvalue weighted by atomic mass is 19.3. The van der Waals surface area contributed by atoms with E-state index in [4.69, 9.17) is 4.98 Å². The first-order chi connectivity index (χ1) is 28.9. The molecule has 62 heavy (non-hydrogen) atoms. The van der Waals surface area contributed by atoms with Gasteiger partial charge in [-0.25, -0.2) is 27.5 Å². The molecule has 10 nitrogen and oxygen atoms in total. The van der Waals surface area contributed by atoms with Crippen molar-refractivity contribution in [3.8, 4) is 23.1 Å². The molecule has 8 rings (SSSR count). The van der Waals surface area contributed by atoms with Gasteiger partial charge in [0.15, 0.2) is 0 Å². The number of aromatic amines is 2. The fourth-order valence-corrected chi connectivity index (χ4v) is 9.75. The van der Waals surface area contributed by atoms with E-state index >= 15 is 0 Å². The summed E-state index contributed by atoms with van der Waals surface area (Å²) in [6.45, 7) is 11.9. The molecule has 2 aromatic carbocycles. The van der Waals surface area contributed by atoms with E-state index in [1.54, 1.807) is 6.20 Å². The number of alkyl halides is 4. The Morgan fingerprint density at radius 2 is 1.10 bits per heavy atom. The van der Waals surface area contributed by atoms with Crippen LogP contribution in [0.25, 0.3) is 22.3 Å². The summed E-state index contributed by atoms with van der Waals surface area (Å²) in [6.07, 6.45) is 1.40. The number of rotatable bonds is 9. The maximum absolute atomic E-state index is 14.0. The first kappa shape index (κ1) is 43.9. The monoisotopic (exact) mass is 858 g/mol. The van der Waals surface area contributed by atoms with Crippen molar-refractivity contribution in [3.63, 3.8) is 0 Å². The van der Waals surface area contributed by atoms with E-state index in [9.17, 15) is 37.4 Å². The van der Waals surface area contributed by atoms with E-state index in [-0.39, 0.29) is 37.5 Å². The number of H-pyrrole nitrogens is 2. The molecule has 14 heteroatoms. The first-order valence-electron chi connectivity index (χ1n) is 21.9. The maximum Gasteiger partial charge on any atom is 0.248 e. The van der Waals surface area contributed by atoms with E-state index in [0.717, 1.165) is 27.9 Å². The summed E-state index contributed by atoms with van der Waals surface area (Å²) in [5, 5.41) is 29.2. The molecular weight excluding hydrogens is 801 g/mol. The zero-order valence-electron chi connectivity index (χ0n) is 36.4. The second-order valence-electron chi connectivity index (χ2n) is 20.8. The molecule has 4 fully saturated rings. The predicted molar refractivity (Wildman–Crippen MR) is 227 cm³/mol. The molecule has 0 radical (unpaired) electrons. The topological polar surface area (TPSA) is 156 Å². The lowest BCUT2D eigenvalue weighted by atomic mass is 9.71. The Bertz CT molecular complexity index is 2400. The fraction of sp³-hybridized carbons (Fsp3) is 0.583. The van der Waals surface area contributed by atoms with Crippen LogP contribution in [-0.4, -0.2) is 65.0 Å². The third kappa shape index (κ3) is 8.27. The normalized spacial score (nSPS) is 22.7. The number of amides is 2. The largest absolute Gasteiger partial charge is 0.389 e. The van der Waals surface area contributed by atoms with E-state index in [0.29, 0.717) is 42.8 Å². The van der Waals surface area contributed by atoms with Crippen LogP contribution in [0.4, 0.5) is 17.6 Å². The zero-order chi connectivity index (χ0) is 44.7. The molecule has 2 atom stereocenters. The molecule has 4 saturated carbocycles. The molecule has 0 saturated heterocycles. The third-order valence-electron chi connectivity index (χ3n) is 14.2. The molecule has 0 aliphatic heterocycles. The van der Waals surface area contributed by atoms with Crippen molar-refractivity contribution in [2.24, 2.45) is 21.7 Å². The van der Waals surface area contributed by atoms with Crippen LogP contribution >= 0.6 is 0 Å². The molecule has 2 aromatic heterocycles. The Labute approximate surface area is 359 Å². The molecule has 332 valence electrons. The smallest absolute Gasteiger partial charge is 0.248 e. The van der Waals surface area contributed by atoms with Crippen molar-refractivity contribution in [1.82, 2.24) is 30.6 Å². The molecule has 4 aliphatic carbocycles. The number of hydrogen-bond acceptors (Lipinski definition) is 6. The molecule has 2 heterocycles. The van der Waals surface area contributed by atoms with E-state index in [1.807, 2.05) is 84.0 Å². The van der Waals surface area contributed by atoms with Gasteiger partial charge in [-0.05, 0) is 98.1 Å². The van der Waals surface area contributed by atoms with Crippen LogP contribution in [-0.2, 0) is 9.59 Å². The Balaban J connectivity index is 0.938. The zero-order valence-corrected chi connectivity index (χ0v) is 36.4. The lowest BCUT2D eigenvalue weighted by Gasteiger charge is -2.42. The van der Waals surface area contributed by atoms with Crippen molar-refractivity contribution < 1.29 is 37.4 Å². The number of carbonyl (C=O) groups excluding carboxylic acids is 2. The van der Waals surface area contributed by atoms with Crippen LogP contribution in [0.5, 0.6) is 0 Å². The number of fused-ring (bicyclic) bond motifs is 1. The van der Waals surface area contributed by atoms with E-state index in [1.165, 1.54) is 0 Å². The minimum Gasteiger partial charge on any atom is -0.389 e. The second kappa shape index (κ2) is 14.9. The van der Waals surface area contributed by atoms with Gasteiger partial charge in [-0.3, -0.25) is 9.59 Å². The molecular formula is C48H58F4N6O4. The van der Waals surface area contributed by atoms with Crippen molar-refractivity contribution in [1.29, 1.82) is 0 Å². The van der Waals surface area contributed by atoms with Crippen molar-refractivity contribution in [3.05, 3.63) is 71.4 Å². The Kier molecular flexibility index (Phi) is 10.6. The Hall–Kier alpha value is -4.74. The molecule has 4 aliphatic rings. The molecule has 0 bridgehead atoms. The standard InChI is InChI=1S/C48H58F4N6O4/c1-41(2,3)35(57-39(59)43(15-16-43)45(61)19-23-47(49,50)24-20-45)37-53-28-34(56-37)31-12-9-29(10-13-31)7-8-30-11-14-32-33(27-30)55-38(54-32)36(42(4,5)6)58-40(60)44(17-18-44)46(62)21-25-48(51,52)26-22-46/h9-14,27-28,35-36,61-62H,15-26H2,1-6H3,(H,53,56)(H,54,55)(H,57,59)(H,58,60)/t35-,36-/m1/s1. The number of nitrogens with zero attached hydrogens (tertiary/aromatic N) is 2. The molecule has 0 unspecified atom stereocenters. The SMILES string of the molecule is CC(C)(C)[C@H](NC(=O)C1(C2(O)CCC(F)(F)CC2)CC1)c1ncc(-c2ccc(C#Cc3ccc4nc([C@@H](NC(=O)C5(C6(O)CCC(F)(F)CC6)CC5)C(C)(C)C)[nH]c4c3)cc2)[nH]1.